The third-order valence-electron chi connectivity index (χ3n) is 3.95. The van der Waals surface area contributed by atoms with Gasteiger partial charge >= 0.3 is 0 Å². The lowest BCUT2D eigenvalue weighted by atomic mass is 10.1. The Hall–Kier alpha value is -3.27. The zero-order chi connectivity index (χ0) is 18.4. The van der Waals surface area contributed by atoms with E-state index in [1.165, 1.54) is 11.1 Å². The van der Waals surface area contributed by atoms with Crippen molar-refractivity contribution in [2.45, 2.75) is 13.8 Å². The van der Waals surface area contributed by atoms with Gasteiger partial charge in [-0.3, -0.25) is 4.79 Å². The number of rotatable bonds is 6. The summed E-state index contributed by atoms with van der Waals surface area (Å²) in [6.07, 6.45) is 0. The van der Waals surface area contributed by atoms with Crippen molar-refractivity contribution in [1.29, 1.82) is 0 Å². The van der Waals surface area contributed by atoms with E-state index in [0.717, 1.165) is 17.1 Å². The van der Waals surface area contributed by atoms with Crippen LogP contribution in [0.1, 0.15) is 11.1 Å². The van der Waals surface area contributed by atoms with Crippen molar-refractivity contribution >= 4 is 23.0 Å². The molecular weight excluding hydrogens is 324 g/mol. The number of hydrogen-bond donors (Lipinski definition) is 2. The van der Waals surface area contributed by atoms with Gasteiger partial charge in [0, 0.05) is 17.1 Å². The molecule has 0 radical (unpaired) electrons. The van der Waals surface area contributed by atoms with Crippen LogP contribution in [0.25, 0.3) is 0 Å². The Kier molecular flexibility index (Phi) is 5.54. The quantitative estimate of drug-likeness (QED) is 0.655. The monoisotopic (exact) mass is 346 g/mol. The number of benzene rings is 3. The molecule has 2 N–H and O–H groups in total. The van der Waals surface area contributed by atoms with Crippen molar-refractivity contribution in [3.8, 4) is 5.75 Å². The normalized spacial score (nSPS) is 10.2. The van der Waals surface area contributed by atoms with Crippen LogP contribution in [0.2, 0.25) is 0 Å². The number of amides is 1. The molecule has 0 aliphatic rings. The number of hydrogen-bond acceptors (Lipinski definition) is 3. The van der Waals surface area contributed by atoms with Crippen LogP contribution in [0.3, 0.4) is 0 Å². The minimum absolute atomic E-state index is 0.0213. The molecule has 4 nitrogen and oxygen atoms in total. The number of ether oxygens (including phenoxy) is 1. The summed E-state index contributed by atoms with van der Waals surface area (Å²) in [5.41, 5.74) is 5.18. The van der Waals surface area contributed by atoms with E-state index in [2.05, 4.69) is 42.7 Å². The minimum Gasteiger partial charge on any atom is -0.484 e. The predicted octanol–water partition coefficient (Wildman–Crippen LogP) is 5.06. The largest absolute Gasteiger partial charge is 0.484 e. The molecule has 0 fully saturated rings. The number of nitrogens with one attached hydrogen (secondary N) is 2. The van der Waals surface area contributed by atoms with Crippen molar-refractivity contribution in [1.82, 2.24) is 0 Å². The van der Waals surface area contributed by atoms with Gasteiger partial charge in [-0.15, -0.1) is 0 Å². The third-order valence-corrected chi connectivity index (χ3v) is 3.95. The van der Waals surface area contributed by atoms with Gasteiger partial charge in [-0.2, -0.15) is 0 Å². The average Bonchev–Trinajstić information content (AvgIpc) is 2.65. The van der Waals surface area contributed by atoms with Gasteiger partial charge < -0.3 is 15.4 Å². The highest BCUT2D eigenvalue weighted by Crippen LogP contribution is 2.23. The number of para-hydroxylation sites is 1. The molecule has 132 valence electrons. The number of aryl methyl sites for hydroxylation is 2. The molecule has 0 bridgehead atoms. The molecule has 3 aromatic carbocycles. The fraction of sp³-hybridized carbons (Fsp3) is 0.136. The van der Waals surface area contributed by atoms with E-state index in [1.807, 2.05) is 54.6 Å². The molecule has 0 atom stereocenters. The highest BCUT2D eigenvalue weighted by Gasteiger charge is 2.04. The lowest BCUT2D eigenvalue weighted by molar-refractivity contribution is -0.118. The van der Waals surface area contributed by atoms with Gasteiger partial charge in [-0.05, 0) is 67.4 Å². The summed E-state index contributed by atoms with van der Waals surface area (Å²) in [5, 5.41) is 6.23. The summed E-state index contributed by atoms with van der Waals surface area (Å²) in [6, 6.07) is 23.2. The maximum atomic E-state index is 12.0. The topological polar surface area (TPSA) is 50.4 Å². The fourth-order valence-electron chi connectivity index (χ4n) is 2.53. The van der Waals surface area contributed by atoms with E-state index in [9.17, 15) is 4.79 Å². The molecule has 0 heterocycles. The Balaban J connectivity index is 1.55. The molecule has 0 aromatic heterocycles. The summed E-state index contributed by atoms with van der Waals surface area (Å²) in [7, 11) is 0. The molecule has 3 aromatic rings. The van der Waals surface area contributed by atoms with Crippen molar-refractivity contribution in [2.75, 3.05) is 17.2 Å². The predicted molar refractivity (Wildman–Crippen MR) is 106 cm³/mol. The number of anilines is 3. The summed E-state index contributed by atoms with van der Waals surface area (Å²) in [5.74, 6) is 0.486. The molecule has 0 saturated carbocycles. The van der Waals surface area contributed by atoms with Gasteiger partial charge in [0.05, 0.1) is 0 Å². The smallest absolute Gasteiger partial charge is 0.262 e. The second kappa shape index (κ2) is 8.21. The van der Waals surface area contributed by atoms with Gasteiger partial charge in [-0.25, -0.2) is 0 Å². The van der Waals surface area contributed by atoms with Crippen LogP contribution in [0.15, 0.2) is 72.8 Å². The summed E-state index contributed by atoms with van der Waals surface area (Å²) in [6.45, 7) is 4.12. The highest BCUT2D eigenvalue weighted by molar-refractivity contribution is 5.92. The van der Waals surface area contributed by atoms with E-state index in [4.69, 9.17) is 4.74 Å². The lowest BCUT2D eigenvalue weighted by Crippen LogP contribution is -2.20. The van der Waals surface area contributed by atoms with Crippen LogP contribution in [-0.4, -0.2) is 12.5 Å². The van der Waals surface area contributed by atoms with Crippen LogP contribution in [0, 0.1) is 13.8 Å². The van der Waals surface area contributed by atoms with Crippen molar-refractivity contribution in [3.63, 3.8) is 0 Å². The van der Waals surface area contributed by atoms with Gasteiger partial charge in [0.15, 0.2) is 6.61 Å². The molecule has 0 spiro atoms. The van der Waals surface area contributed by atoms with E-state index in [-0.39, 0.29) is 12.5 Å². The fourth-order valence-corrected chi connectivity index (χ4v) is 2.53. The Morgan fingerprint density at radius 2 is 1.58 bits per heavy atom. The van der Waals surface area contributed by atoms with Crippen LogP contribution in [0.5, 0.6) is 5.75 Å². The summed E-state index contributed by atoms with van der Waals surface area (Å²) >= 11 is 0. The van der Waals surface area contributed by atoms with Gasteiger partial charge in [0.25, 0.3) is 5.91 Å². The highest BCUT2D eigenvalue weighted by atomic mass is 16.5. The molecule has 0 aliphatic heterocycles. The molecule has 4 heteroatoms. The Morgan fingerprint density at radius 3 is 2.31 bits per heavy atom. The van der Waals surface area contributed by atoms with Crippen molar-refractivity contribution in [3.05, 3.63) is 83.9 Å². The van der Waals surface area contributed by atoms with Crippen LogP contribution < -0.4 is 15.4 Å². The molecule has 1 amide bonds. The molecule has 0 unspecified atom stereocenters. The maximum Gasteiger partial charge on any atom is 0.262 e. The van der Waals surface area contributed by atoms with Gasteiger partial charge in [0.2, 0.25) is 0 Å². The molecular formula is C22H22N2O2. The second-order valence-corrected chi connectivity index (χ2v) is 6.17. The van der Waals surface area contributed by atoms with E-state index in [0.29, 0.717) is 5.75 Å². The Bertz CT molecular complexity index is 874. The van der Waals surface area contributed by atoms with Crippen LogP contribution in [-0.2, 0) is 4.79 Å². The lowest BCUT2D eigenvalue weighted by Gasteiger charge is -2.12. The first-order valence-corrected chi connectivity index (χ1v) is 8.52. The van der Waals surface area contributed by atoms with Crippen LogP contribution >= 0.6 is 0 Å². The maximum absolute atomic E-state index is 12.0. The van der Waals surface area contributed by atoms with E-state index < -0.39 is 0 Å². The number of carbonyl (C=O) groups is 1. The second-order valence-electron chi connectivity index (χ2n) is 6.17. The van der Waals surface area contributed by atoms with Gasteiger partial charge in [-0.1, -0.05) is 30.3 Å². The molecule has 3 rings (SSSR count). The first-order chi connectivity index (χ1) is 12.6. The molecule has 26 heavy (non-hydrogen) atoms. The Labute approximate surface area is 153 Å². The zero-order valence-corrected chi connectivity index (χ0v) is 15.0. The summed E-state index contributed by atoms with van der Waals surface area (Å²) in [4.78, 5) is 12.0. The standard InChI is InChI=1S/C22H22N2O2/c1-16-8-9-17(2)21(14-16)23-18-10-12-19(13-11-18)24-22(25)15-26-20-6-4-3-5-7-20/h3-14,23H,15H2,1-2H3,(H,24,25). The van der Waals surface area contributed by atoms with Crippen molar-refractivity contribution in [2.24, 2.45) is 0 Å². The first kappa shape index (κ1) is 17.5. The molecule has 0 aliphatic carbocycles. The Morgan fingerprint density at radius 1 is 0.885 bits per heavy atom. The minimum atomic E-state index is -0.191. The van der Waals surface area contributed by atoms with Crippen molar-refractivity contribution < 1.29 is 9.53 Å². The molecule has 0 saturated heterocycles. The number of carbonyl (C=O) groups excluding carboxylic acids is 1. The van der Waals surface area contributed by atoms with Crippen LogP contribution in [0.4, 0.5) is 17.1 Å². The third kappa shape index (κ3) is 4.86. The zero-order valence-electron chi connectivity index (χ0n) is 15.0. The summed E-state index contributed by atoms with van der Waals surface area (Å²) < 4.78 is 5.44. The van der Waals surface area contributed by atoms with E-state index in [1.54, 1.807) is 0 Å². The van der Waals surface area contributed by atoms with E-state index >= 15 is 0 Å². The SMILES string of the molecule is Cc1ccc(C)c(Nc2ccc(NC(=O)COc3ccccc3)cc2)c1. The first-order valence-electron chi connectivity index (χ1n) is 8.52. The van der Waals surface area contributed by atoms with Gasteiger partial charge in [0.1, 0.15) is 5.75 Å². The average molecular weight is 346 g/mol.